The van der Waals surface area contributed by atoms with Crippen molar-refractivity contribution < 1.29 is 9.53 Å². The maximum absolute atomic E-state index is 12.3. The van der Waals surface area contributed by atoms with Crippen LogP contribution in [-0.4, -0.2) is 36.1 Å². The van der Waals surface area contributed by atoms with Gasteiger partial charge in [0.2, 0.25) is 0 Å². The molecule has 0 aliphatic carbocycles. The van der Waals surface area contributed by atoms with Crippen LogP contribution in [0.15, 0.2) is 40.2 Å². The summed E-state index contributed by atoms with van der Waals surface area (Å²) in [6, 6.07) is 11.9. The van der Waals surface area contributed by atoms with E-state index in [4.69, 9.17) is 4.74 Å². The molecule has 0 bridgehead atoms. The van der Waals surface area contributed by atoms with Gasteiger partial charge in [0.25, 0.3) is 5.91 Å². The molecule has 25 heavy (non-hydrogen) atoms. The lowest BCUT2D eigenvalue weighted by Gasteiger charge is -2.35. The lowest BCUT2D eigenvalue weighted by Crippen LogP contribution is -2.44. The molecule has 1 amide bonds. The molecule has 1 fully saturated rings. The molecule has 1 N–H and O–H groups in total. The van der Waals surface area contributed by atoms with Crippen LogP contribution in [0, 0.1) is 0 Å². The topological polar surface area (TPSA) is 41.6 Å². The van der Waals surface area contributed by atoms with Crippen LogP contribution < -0.4 is 5.32 Å². The molecule has 1 aromatic heterocycles. The van der Waals surface area contributed by atoms with Crippen molar-refractivity contribution in [2.45, 2.75) is 39.1 Å². The maximum Gasteiger partial charge on any atom is 0.251 e. The molecule has 2 atom stereocenters. The molecule has 2 aromatic rings. The lowest BCUT2D eigenvalue weighted by molar-refractivity contribution is -0.0704. The van der Waals surface area contributed by atoms with Gasteiger partial charge >= 0.3 is 0 Å². The SMILES string of the molecule is CC1CN(Cc2ccc(C(=O)NCc3ccc(Br)s3)cc2)CC(C)O1. The number of amides is 1. The number of ether oxygens (including phenoxy) is 1. The van der Waals surface area contributed by atoms with Crippen LogP contribution in [0.5, 0.6) is 0 Å². The Morgan fingerprint density at radius 3 is 2.48 bits per heavy atom. The van der Waals surface area contributed by atoms with Crippen LogP contribution in [0.1, 0.15) is 34.6 Å². The summed E-state index contributed by atoms with van der Waals surface area (Å²) < 4.78 is 6.85. The van der Waals surface area contributed by atoms with Crippen molar-refractivity contribution in [3.8, 4) is 0 Å². The van der Waals surface area contributed by atoms with Gasteiger partial charge in [-0.25, -0.2) is 0 Å². The average molecular weight is 423 g/mol. The molecule has 0 radical (unpaired) electrons. The van der Waals surface area contributed by atoms with E-state index < -0.39 is 0 Å². The summed E-state index contributed by atoms with van der Waals surface area (Å²) in [4.78, 5) is 15.8. The molecule has 1 aliphatic rings. The molecule has 2 unspecified atom stereocenters. The zero-order chi connectivity index (χ0) is 17.8. The molecule has 134 valence electrons. The van der Waals surface area contributed by atoms with Gasteiger partial charge < -0.3 is 10.1 Å². The fourth-order valence-electron chi connectivity index (χ4n) is 3.15. The summed E-state index contributed by atoms with van der Waals surface area (Å²) in [7, 11) is 0. The number of carbonyl (C=O) groups is 1. The molecule has 0 spiro atoms. The van der Waals surface area contributed by atoms with Crippen LogP contribution in [0.4, 0.5) is 0 Å². The smallest absolute Gasteiger partial charge is 0.251 e. The third-order valence-corrected chi connectivity index (χ3v) is 5.79. The van der Waals surface area contributed by atoms with Crippen molar-refractivity contribution in [2.75, 3.05) is 13.1 Å². The van der Waals surface area contributed by atoms with Gasteiger partial charge in [-0.05, 0) is 59.6 Å². The fraction of sp³-hybridized carbons (Fsp3) is 0.421. The zero-order valence-corrected chi connectivity index (χ0v) is 16.9. The molecule has 6 heteroatoms. The van der Waals surface area contributed by atoms with E-state index in [1.807, 2.05) is 36.4 Å². The Kier molecular flexibility index (Phi) is 6.28. The average Bonchev–Trinajstić information content (AvgIpc) is 2.98. The van der Waals surface area contributed by atoms with Crippen LogP contribution in [0.2, 0.25) is 0 Å². The summed E-state index contributed by atoms with van der Waals surface area (Å²) >= 11 is 5.07. The van der Waals surface area contributed by atoms with Gasteiger partial charge in [-0.1, -0.05) is 12.1 Å². The van der Waals surface area contributed by atoms with E-state index in [-0.39, 0.29) is 18.1 Å². The van der Waals surface area contributed by atoms with Gasteiger partial charge in [0.1, 0.15) is 0 Å². The molecule has 1 saturated heterocycles. The standard InChI is InChI=1S/C19H23BrN2O2S/c1-13-10-22(11-14(2)24-13)12-15-3-5-16(6-4-15)19(23)21-9-17-7-8-18(20)25-17/h3-8,13-14H,9-12H2,1-2H3,(H,21,23). The van der Waals surface area contributed by atoms with E-state index in [1.54, 1.807) is 11.3 Å². The third kappa shape index (κ3) is 5.38. The summed E-state index contributed by atoms with van der Waals surface area (Å²) in [5.74, 6) is -0.0373. The first kappa shape index (κ1) is 18.6. The third-order valence-electron chi connectivity index (χ3n) is 4.17. The summed E-state index contributed by atoms with van der Waals surface area (Å²) in [6.07, 6.45) is 0.539. The predicted molar refractivity (Wildman–Crippen MR) is 105 cm³/mol. The largest absolute Gasteiger partial charge is 0.373 e. The summed E-state index contributed by atoms with van der Waals surface area (Å²) in [6.45, 7) is 7.57. The van der Waals surface area contributed by atoms with Crippen molar-refractivity contribution in [1.82, 2.24) is 10.2 Å². The Morgan fingerprint density at radius 1 is 1.20 bits per heavy atom. The number of carbonyl (C=O) groups excluding carboxylic acids is 1. The highest BCUT2D eigenvalue weighted by Crippen LogP contribution is 2.22. The monoisotopic (exact) mass is 422 g/mol. The van der Waals surface area contributed by atoms with Gasteiger partial charge in [0.05, 0.1) is 22.5 Å². The van der Waals surface area contributed by atoms with Gasteiger partial charge in [-0.15, -0.1) is 11.3 Å². The molecule has 2 heterocycles. The highest BCUT2D eigenvalue weighted by molar-refractivity contribution is 9.11. The molecule has 3 rings (SSSR count). The van der Waals surface area contributed by atoms with Gasteiger partial charge in [0.15, 0.2) is 0 Å². The van der Waals surface area contributed by atoms with E-state index in [0.717, 1.165) is 28.3 Å². The van der Waals surface area contributed by atoms with Crippen LogP contribution >= 0.6 is 27.3 Å². The van der Waals surface area contributed by atoms with Crippen molar-refractivity contribution >= 4 is 33.2 Å². The molecule has 4 nitrogen and oxygen atoms in total. The van der Waals surface area contributed by atoms with Crippen molar-refractivity contribution in [3.63, 3.8) is 0 Å². The normalized spacial score (nSPS) is 21.2. The number of hydrogen-bond donors (Lipinski definition) is 1. The summed E-state index contributed by atoms with van der Waals surface area (Å²) in [5.41, 5.74) is 1.92. The first-order valence-corrected chi connectivity index (χ1v) is 10.1. The number of hydrogen-bond acceptors (Lipinski definition) is 4. The number of nitrogens with one attached hydrogen (secondary N) is 1. The van der Waals surface area contributed by atoms with Crippen LogP contribution in [-0.2, 0) is 17.8 Å². The van der Waals surface area contributed by atoms with Crippen molar-refractivity contribution in [3.05, 3.63) is 56.2 Å². The molecular formula is C19H23BrN2O2S. The van der Waals surface area contributed by atoms with Gasteiger partial charge in [-0.2, -0.15) is 0 Å². The van der Waals surface area contributed by atoms with E-state index in [1.165, 1.54) is 5.56 Å². The Balaban J connectivity index is 1.53. The minimum atomic E-state index is -0.0373. The number of benzene rings is 1. The number of thiophene rings is 1. The quantitative estimate of drug-likeness (QED) is 0.789. The second-order valence-electron chi connectivity index (χ2n) is 6.54. The minimum Gasteiger partial charge on any atom is -0.373 e. The van der Waals surface area contributed by atoms with Gasteiger partial charge in [0, 0.05) is 30.1 Å². The van der Waals surface area contributed by atoms with E-state index in [9.17, 15) is 4.79 Å². The maximum atomic E-state index is 12.3. The van der Waals surface area contributed by atoms with E-state index >= 15 is 0 Å². The van der Waals surface area contributed by atoms with Crippen LogP contribution in [0.25, 0.3) is 0 Å². The first-order chi connectivity index (χ1) is 12.0. The second kappa shape index (κ2) is 8.45. The molecular weight excluding hydrogens is 400 g/mol. The minimum absolute atomic E-state index is 0.0373. The summed E-state index contributed by atoms with van der Waals surface area (Å²) in [5, 5.41) is 2.96. The van der Waals surface area contributed by atoms with E-state index in [2.05, 4.69) is 40.0 Å². The Bertz CT molecular complexity index is 706. The molecule has 0 saturated carbocycles. The zero-order valence-electron chi connectivity index (χ0n) is 14.5. The van der Waals surface area contributed by atoms with Gasteiger partial charge in [-0.3, -0.25) is 9.69 Å². The van der Waals surface area contributed by atoms with Crippen molar-refractivity contribution in [2.24, 2.45) is 0 Å². The highest BCUT2D eigenvalue weighted by Gasteiger charge is 2.22. The van der Waals surface area contributed by atoms with Crippen molar-refractivity contribution in [1.29, 1.82) is 0 Å². The number of morpholine rings is 1. The Labute approximate surface area is 161 Å². The highest BCUT2D eigenvalue weighted by atomic mass is 79.9. The number of nitrogens with zero attached hydrogens (tertiary/aromatic N) is 1. The van der Waals surface area contributed by atoms with Crippen LogP contribution in [0.3, 0.4) is 0 Å². The number of halogens is 1. The Hall–Kier alpha value is -1.21. The first-order valence-electron chi connectivity index (χ1n) is 8.49. The fourth-order valence-corrected chi connectivity index (χ4v) is 4.57. The molecule has 1 aromatic carbocycles. The second-order valence-corrected chi connectivity index (χ2v) is 9.08. The predicted octanol–water partition coefficient (Wildman–Crippen LogP) is 4.05. The number of rotatable bonds is 5. The van der Waals surface area contributed by atoms with E-state index in [0.29, 0.717) is 12.1 Å². The lowest BCUT2D eigenvalue weighted by atomic mass is 10.1. The Morgan fingerprint density at radius 2 is 1.88 bits per heavy atom. The molecule has 1 aliphatic heterocycles.